The molecular weight excluding hydrogens is 292 g/mol. The number of aryl methyl sites for hydroxylation is 1. The van der Waals surface area contributed by atoms with E-state index in [-0.39, 0.29) is 36.1 Å². The third-order valence-electron chi connectivity index (χ3n) is 4.52. The van der Waals surface area contributed by atoms with E-state index in [9.17, 15) is 14.4 Å². The third-order valence-corrected chi connectivity index (χ3v) is 4.52. The van der Waals surface area contributed by atoms with E-state index in [0.29, 0.717) is 18.5 Å². The standard InChI is InChI=1S/C18H20N2O3/c1-2-12-6-5-7-13(10-12)19-16(21)11-20-17(22)14-8-3-4-9-15(14)18(20)23/h3-7,10,14-15H,2,8-9,11H2,1H3,(H,19,21)/t14-,15+. The van der Waals surface area contributed by atoms with Crippen molar-refractivity contribution in [2.24, 2.45) is 11.8 Å². The molecule has 3 rings (SSSR count). The van der Waals surface area contributed by atoms with Gasteiger partial charge in [0.05, 0.1) is 11.8 Å². The molecule has 1 aliphatic carbocycles. The van der Waals surface area contributed by atoms with E-state index >= 15 is 0 Å². The zero-order valence-electron chi connectivity index (χ0n) is 13.1. The first-order valence-corrected chi connectivity index (χ1v) is 7.99. The Bertz CT molecular complexity index is 655. The molecular formula is C18H20N2O3. The van der Waals surface area contributed by atoms with Gasteiger partial charge in [0, 0.05) is 5.69 Å². The highest BCUT2D eigenvalue weighted by molar-refractivity contribution is 6.08. The van der Waals surface area contributed by atoms with Gasteiger partial charge in [-0.25, -0.2) is 0 Å². The molecule has 0 bridgehead atoms. The second-order valence-corrected chi connectivity index (χ2v) is 6.02. The van der Waals surface area contributed by atoms with Gasteiger partial charge in [0.2, 0.25) is 17.7 Å². The number of carbonyl (C=O) groups is 3. The van der Waals surface area contributed by atoms with Gasteiger partial charge in [-0.05, 0) is 37.0 Å². The topological polar surface area (TPSA) is 66.5 Å². The normalized spacial score (nSPS) is 23.1. The average Bonchev–Trinajstić information content (AvgIpc) is 2.80. The zero-order chi connectivity index (χ0) is 16.4. The predicted octanol–water partition coefficient (Wildman–Crippen LogP) is 2.14. The summed E-state index contributed by atoms with van der Waals surface area (Å²) < 4.78 is 0. The number of hydrogen-bond acceptors (Lipinski definition) is 3. The first kappa shape index (κ1) is 15.5. The maximum atomic E-state index is 12.3. The molecule has 1 aromatic rings. The smallest absolute Gasteiger partial charge is 0.244 e. The van der Waals surface area contributed by atoms with Crippen LogP contribution in [0, 0.1) is 11.8 Å². The maximum absolute atomic E-state index is 12.3. The molecule has 1 N–H and O–H groups in total. The molecule has 0 unspecified atom stereocenters. The van der Waals surface area contributed by atoms with Crippen molar-refractivity contribution in [1.29, 1.82) is 0 Å². The molecule has 3 amide bonds. The quantitative estimate of drug-likeness (QED) is 0.684. The maximum Gasteiger partial charge on any atom is 0.244 e. The number of carbonyl (C=O) groups excluding carboxylic acids is 3. The minimum Gasteiger partial charge on any atom is -0.325 e. The van der Waals surface area contributed by atoms with Crippen molar-refractivity contribution in [2.75, 3.05) is 11.9 Å². The predicted molar refractivity (Wildman–Crippen MR) is 86.5 cm³/mol. The van der Waals surface area contributed by atoms with Gasteiger partial charge in [0.15, 0.2) is 0 Å². The lowest BCUT2D eigenvalue weighted by molar-refractivity contribution is -0.142. The van der Waals surface area contributed by atoms with E-state index in [0.717, 1.165) is 16.9 Å². The number of amides is 3. The number of benzene rings is 1. The molecule has 2 atom stereocenters. The Morgan fingerprint density at radius 1 is 1.17 bits per heavy atom. The summed E-state index contributed by atoms with van der Waals surface area (Å²) in [5.74, 6) is -1.36. The highest BCUT2D eigenvalue weighted by atomic mass is 16.2. The Labute approximate surface area is 135 Å². The average molecular weight is 312 g/mol. The molecule has 1 aromatic carbocycles. The number of imide groups is 1. The van der Waals surface area contributed by atoms with Crippen LogP contribution in [-0.4, -0.2) is 29.2 Å². The van der Waals surface area contributed by atoms with E-state index in [4.69, 9.17) is 0 Å². The molecule has 0 spiro atoms. The molecule has 1 saturated heterocycles. The molecule has 1 fully saturated rings. The molecule has 1 aliphatic heterocycles. The van der Waals surface area contributed by atoms with Crippen LogP contribution in [0.1, 0.15) is 25.3 Å². The van der Waals surface area contributed by atoms with E-state index in [2.05, 4.69) is 5.32 Å². The van der Waals surface area contributed by atoms with Gasteiger partial charge >= 0.3 is 0 Å². The lowest BCUT2D eigenvalue weighted by Gasteiger charge is -2.14. The first-order chi connectivity index (χ1) is 11.1. The summed E-state index contributed by atoms with van der Waals surface area (Å²) in [5.41, 5.74) is 1.81. The van der Waals surface area contributed by atoms with Crippen molar-refractivity contribution >= 4 is 23.4 Å². The van der Waals surface area contributed by atoms with Crippen molar-refractivity contribution < 1.29 is 14.4 Å². The highest BCUT2D eigenvalue weighted by Gasteiger charge is 2.47. The van der Waals surface area contributed by atoms with E-state index in [1.807, 2.05) is 37.3 Å². The largest absolute Gasteiger partial charge is 0.325 e. The summed E-state index contributed by atoms with van der Waals surface area (Å²) in [6.07, 6.45) is 5.93. The number of rotatable bonds is 4. The van der Waals surface area contributed by atoms with Crippen LogP contribution in [0.5, 0.6) is 0 Å². The number of anilines is 1. The molecule has 1 heterocycles. The van der Waals surface area contributed by atoms with E-state index < -0.39 is 0 Å². The Morgan fingerprint density at radius 2 is 1.83 bits per heavy atom. The van der Waals surface area contributed by atoms with Gasteiger partial charge in [-0.1, -0.05) is 31.2 Å². The molecule has 0 aromatic heterocycles. The molecule has 5 nitrogen and oxygen atoms in total. The van der Waals surface area contributed by atoms with Gasteiger partial charge in [0.25, 0.3) is 0 Å². The first-order valence-electron chi connectivity index (χ1n) is 7.99. The minimum atomic E-state index is -0.341. The molecule has 120 valence electrons. The van der Waals surface area contributed by atoms with Crippen molar-refractivity contribution in [3.8, 4) is 0 Å². The van der Waals surface area contributed by atoms with E-state index in [1.165, 1.54) is 0 Å². The summed E-state index contributed by atoms with van der Waals surface area (Å²) >= 11 is 0. The minimum absolute atomic E-state index is 0.207. The van der Waals surface area contributed by atoms with Crippen LogP contribution in [0.3, 0.4) is 0 Å². The third kappa shape index (κ3) is 3.04. The molecule has 2 aliphatic rings. The summed E-state index contributed by atoms with van der Waals surface area (Å²) in [5, 5.41) is 2.77. The summed E-state index contributed by atoms with van der Waals surface area (Å²) in [6, 6.07) is 7.56. The summed E-state index contributed by atoms with van der Waals surface area (Å²) in [4.78, 5) is 38.0. The fourth-order valence-electron chi connectivity index (χ4n) is 3.24. The number of fused-ring (bicyclic) bond motifs is 1. The van der Waals surface area contributed by atoms with Crippen molar-refractivity contribution in [2.45, 2.75) is 26.2 Å². The van der Waals surface area contributed by atoms with Crippen LogP contribution in [0.4, 0.5) is 5.69 Å². The Morgan fingerprint density at radius 3 is 2.43 bits per heavy atom. The molecule has 23 heavy (non-hydrogen) atoms. The summed E-state index contributed by atoms with van der Waals surface area (Å²) in [6.45, 7) is 1.83. The second kappa shape index (κ2) is 6.36. The lowest BCUT2D eigenvalue weighted by Crippen LogP contribution is -2.38. The molecule has 5 heteroatoms. The van der Waals surface area contributed by atoms with E-state index in [1.54, 1.807) is 6.07 Å². The fourth-order valence-corrected chi connectivity index (χ4v) is 3.24. The fraction of sp³-hybridized carbons (Fsp3) is 0.389. The highest BCUT2D eigenvalue weighted by Crippen LogP contribution is 2.34. The van der Waals surface area contributed by atoms with Gasteiger partial charge in [-0.3, -0.25) is 19.3 Å². The second-order valence-electron chi connectivity index (χ2n) is 6.02. The Hall–Kier alpha value is -2.43. The van der Waals surface area contributed by atoms with Crippen LogP contribution < -0.4 is 5.32 Å². The van der Waals surface area contributed by atoms with Crippen molar-refractivity contribution in [3.63, 3.8) is 0 Å². The Balaban J connectivity index is 1.66. The number of nitrogens with zero attached hydrogens (tertiary/aromatic N) is 1. The number of nitrogens with one attached hydrogen (secondary N) is 1. The molecule has 0 saturated carbocycles. The lowest BCUT2D eigenvalue weighted by atomic mass is 9.85. The summed E-state index contributed by atoms with van der Waals surface area (Å²) in [7, 11) is 0. The van der Waals surface area contributed by atoms with Crippen LogP contribution >= 0.6 is 0 Å². The van der Waals surface area contributed by atoms with Gasteiger partial charge in [-0.2, -0.15) is 0 Å². The van der Waals surface area contributed by atoms with Gasteiger partial charge in [0.1, 0.15) is 6.54 Å². The number of hydrogen-bond donors (Lipinski definition) is 1. The van der Waals surface area contributed by atoms with Crippen LogP contribution in [0.2, 0.25) is 0 Å². The SMILES string of the molecule is CCc1cccc(NC(=O)CN2C(=O)[C@H]3CC=CC[C@H]3C2=O)c1. The molecule has 0 radical (unpaired) electrons. The monoisotopic (exact) mass is 312 g/mol. The number of likely N-dealkylation sites (tertiary alicyclic amines) is 1. The van der Waals surface area contributed by atoms with Crippen LogP contribution in [-0.2, 0) is 20.8 Å². The van der Waals surface area contributed by atoms with Crippen LogP contribution in [0.15, 0.2) is 36.4 Å². The van der Waals surface area contributed by atoms with Crippen molar-refractivity contribution in [3.05, 3.63) is 42.0 Å². The Kier molecular flexibility index (Phi) is 4.28. The number of allylic oxidation sites excluding steroid dienone is 2. The van der Waals surface area contributed by atoms with Gasteiger partial charge < -0.3 is 5.32 Å². The van der Waals surface area contributed by atoms with Crippen molar-refractivity contribution in [1.82, 2.24) is 4.90 Å². The van der Waals surface area contributed by atoms with Gasteiger partial charge in [-0.15, -0.1) is 0 Å². The zero-order valence-corrected chi connectivity index (χ0v) is 13.1. The van der Waals surface area contributed by atoms with Crippen LogP contribution in [0.25, 0.3) is 0 Å².